The predicted octanol–water partition coefficient (Wildman–Crippen LogP) is 1.57. The van der Waals surface area contributed by atoms with Crippen molar-refractivity contribution in [3.63, 3.8) is 0 Å². The highest BCUT2D eigenvalue weighted by molar-refractivity contribution is 9.10. The van der Waals surface area contributed by atoms with Gasteiger partial charge in [-0.3, -0.25) is 24.3 Å². The molecule has 0 aromatic carbocycles. The molecule has 0 unspecified atom stereocenters. The zero-order valence-corrected chi connectivity index (χ0v) is 14.4. The van der Waals surface area contributed by atoms with Gasteiger partial charge in [-0.2, -0.15) is 10.2 Å². The Morgan fingerprint density at radius 3 is 2.78 bits per heavy atom. The quantitative estimate of drug-likeness (QED) is 0.442. The first kappa shape index (κ1) is 17.1. The van der Waals surface area contributed by atoms with Crippen molar-refractivity contribution in [2.24, 2.45) is 0 Å². The van der Waals surface area contributed by atoms with Gasteiger partial charge >= 0.3 is 5.69 Å². The summed E-state index contributed by atoms with van der Waals surface area (Å²) in [5, 5.41) is 21.5. The standard InChI is InChI=1S/C13H17BrN6O3/c1-9-13(14)10(2)19(17-9)5-3-4-15-12(21)8-18-7-11(6-16-18)20(22)23/h6-7H,3-5,8H2,1-2H3,(H,15,21). The van der Waals surface area contributed by atoms with Gasteiger partial charge in [0, 0.05) is 18.8 Å². The largest absolute Gasteiger partial charge is 0.354 e. The van der Waals surface area contributed by atoms with Gasteiger partial charge < -0.3 is 5.32 Å². The van der Waals surface area contributed by atoms with Crippen LogP contribution >= 0.6 is 15.9 Å². The second-order valence-electron chi connectivity index (χ2n) is 5.06. The molecule has 0 saturated heterocycles. The third-order valence-corrected chi connectivity index (χ3v) is 4.45. The van der Waals surface area contributed by atoms with E-state index >= 15 is 0 Å². The second kappa shape index (κ2) is 7.36. The highest BCUT2D eigenvalue weighted by atomic mass is 79.9. The van der Waals surface area contributed by atoms with Crippen LogP contribution in [0.4, 0.5) is 5.69 Å². The minimum absolute atomic E-state index is 0.0424. The van der Waals surface area contributed by atoms with E-state index in [1.54, 1.807) is 0 Å². The lowest BCUT2D eigenvalue weighted by Gasteiger charge is -2.06. The fraction of sp³-hybridized carbons (Fsp3) is 0.462. The molecule has 2 heterocycles. The van der Waals surface area contributed by atoms with Gasteiger partial charge in [0.05, 0.1) is 15.1 Å². The molecule has 2 rings (SSSR count). The molecule has 0 fully saturated rings. The molecular formula is C13H17BrN6O3. The highest BCUT2D eigenvalue weighted by Crippen LogP contribution is 2.19. The number of hydrogen-bond donors (Lipinski definition) is 1. The van der Waals surface area contributed by atoms with Gasteiger partial charge in [0.15, 0.2) is 0 Å². The van der Waals surface area contributed by atoms with Crippen molar-refractivity contribution in [2.45, 2.75) is 33.4 Å². The molecule has 9 nitrogen and oxygen atoms in total. The van der Waals surface area contributed by atoms with E-state index in [0.29, 0.717) is 13.1 Å². The van der Waals surface area contributed by atoms with E-state index in [1.807, 2.05) is 18.5 Å². The lowest BCUT2D eigenvalue weighted by molar-refractivity contribution is -0.385. The number of amides is 1. The minimum Gasteiger partial charge on any atom is -0.354 e. The maximum absolute atomic E-state index is 11.8. The van der Waals surface area contributed by atoms with Crippen LogP contribution in [0.3, 0.4) is 0 Å². The molecule has 23 heavy (non-hydrogen) atoms. The number of hydrogen-bond acceptors (Lipinski definition) is 5. The number of nitrogens with zero attached hydrogens (tertiary/aromatic N) is 5. The van der Waals surface area contributed by atoms with Crippen LogP contribution in [-0.4, -0.2) is 36.9 Å². The topological polar surface area (TPSA) is 108 Å². The number of nitro groups is 1. The SMILES string of the molecule is Cc1nn(CCCNC(=O)Cn2cc([N+](=O)[O-])cn2)c(C)c1Br. The smallest absolute Gasteiger partial charge is 0.307 e. The Bertz CT molecular complexity index is 723. The number of halogens is 1. The Labute approximate surface area is 140 Å². The summed E-state index contributed by atoms with van der Waals surface area (Å²) in [6.07, 6.45) is 3.08. The van der Waals surface area contributed by atoms with Gasteiger partial charge in [0.25, 0.3) is 0 Å². The van der Waals surface area contributed by atoms with E-state index in [4.69, 9.17) is 0 Å². The molecule has 10 heteroatoms. The Morgan fingerprint density at radius 2 is 2.22 bits per heavy atom. The van der Waals surface area contributed by atoms with Crippen molar-refractivity contribution in [1.29, 1.82) is 0 Å². The third kappa shape index (κ3) is 4.38. The molecule has 0 spiro atoms. The molecule has 0 aliphatic rings. The Hall–Kier alpha value is -2.23. The average molecular weight is 385 g/mol. The molecule has 0 radical (unpaired) electrons. The molecular weight excluding hydrogens is 368 g/mol. The van der Waals surface area contributed by atoms with Crippen LogP contribution in [-0.2, 0) is 17.9 Å². The van der Waals surface area contributed by atoms with Crippen molar-refractivity contribution in [1.82, 2.24) is 24.9 Å². The van der Waals surface area contributed by atoms with Crippen molar-refractivity contribution < 1.29 is 9.72 Å². The number of aromatic nitrogens is 4. The molecule has 2 aromatic rings. The maximum Gasteiger partial charge on any atom is 0.307 e. The van der Waals surface area contributed by atoms with Crippen LogP contribution in [0, 0.1) is 24.0 Å². The molecule has 0 aliphatic carbocycles. The fourth-order valence-corrected chi connectivity index (χ4v) is 2.37. The zero-order valence-electron chi connectivity index (χ0n) is 12.8. The van der Waals surface area contributed by atoms with E-state index in [2.05, 4.69) is 31.4 Å². The first-order chi connectivity index (χ1) is 10.9. The monoisotopic (exact) mass is 384 g/mol. The van der Waals surface area contributed by atoms with Gasteiger partial charge in [-0.05, 0) is 36.2 Å². The van der Waals surface area contributed by atoms with Crippen LogP contribution in [0.15, 0.2) is 16.9 Å². The van der Waals surface area contributed by atoms with E-state index < -0.39 is 4.92 Å². The van der Waals surface area contributed by atoms with Crippen LogP contribution < -0.4 is 5.32 Å². The Kier molecular flexibility index (Phi) is 5.48. The van der Waals surface area contributed by atoms with Crippen molar-refractivity contribution in [2.75, 3.05) is 6.54 Å². The van der Waals surface area contributed by atoms with Crippen LogP contribution in [0.5, 0.6) is 0 Å². The number of carbonyl (C=O) groups excluding carboxylic acids is 1. The number of aryl methyl sites for hydroxylation is 2. The third-order valence-electron chi connectivity index (χ3n) is 3.30. The fourth-order valence-electron chi connectivity index (χ4n) is 2.09. The maximum atomic E-state index is 11.8. The van der Waals surface area contributed by atoms with Crippen LogP contribution in [0.25, 0.3) is 0 Å². The minimum atomic E-state index is -0.548. The summed E-state index contributed by atoms with van der Waals surface area (Å²) in [5.74, 6) is -0.238. The zero-order chi connectivity index (χ0) is 17.0. The molecule has 2 aromatic heterocycles. The number of carbonyl (C=O) groups is 1. The van der Waals surface area contributed by atoms with Crippen LogP contribution in [0.2, 0.25) is 0 Å². The molecule has 0 aliphatic heterocycles. The number of rotatable bonds is 7. The Morgan fingerprint density at radius 1 is 1.48 bits per heavy atom. The van der Waals surface area contributed by atoms with E-state index in [9.17, 15) is 14.9 Å². The van der Waals surface area contributed by atoms with Crippen molar-refractivity contribution in [3.05, 3.63) is 38.4 Å². The highest BCUT2D eigenvalue weighted by Gasteiger charge is 2.11. The lowest BCUT2D eigenvalue weighted by Crippen LogP contribution is -2.29. The van der Waals surface area contributed by atoms with Gasteiger partial charge in [0.1, 0.15) is 18.9 Å². The Balaban J connectivity index is 1.74. The summed E-state index contributed by atoms with van der Waals surface area (Å²) in [5.41, 5.74) is 1.86. The molecule has 0 atom stereocenters. The van der Waals surface area contributed by atoms with E-state index in [0.717, 1.165) is 28.5 Å². The van der Waals surface area contributed by atoms with Crippen LogP contribution in [0.1, 0.15) is 17.8 Å². The molecule has 0 bridgehead atoms. The predicted molar refractivity (Wildman–Crippen MR) is 85.9 cm³/mol. The molecule has 0 saturated carbocycles. The average Bonchev–Trinajstić information content (AvgIpc) is 3.05. The van der Waals surface area contributed by atoms with Crippen molar-refractivity contribution >= 4 is 27.5 Å². The normalized spacial score (nSPS) is 10.7. The van der Waals surface area contributed by atoms with Gasteiger partial charge in [-0.25, -0.2) is 0 Å². The summed E-state index contributed by atoms with van der Waals surface area (Å²) in [6, 6.07) is 0. The molecule has 1 amide bonds. The summed E-state index contributed by atoms with van der Waals surface area (Å²) >= 11 is 3.47. The first-order valence-corrected chi connectivity index (χ1v) is 7.81. The van der Waals surface area contributed by atoms with Gasteiger partial charge in [-0.15, -0.1) is 0 Å². The van der Waals surface area contributed by atoms with Gasteiger partial charge in [-0.1, -0.05) is 0 Å². The second-order valence-corrected chi connectivity index (χ2v) is 5.86. The van der Waals surface area contributed by atoms with E-state index in [-0.39, 0.29) is 18.1 Å². The van der Waals surface area contributed by atoms with Crippen molar-refractivity contribution in [3.8, 4) is 0 Å². The summed E-state index contributed by atoms with van der Waals surface area (Å²) < 4.78 is 4.13. The summed E-state index contributed by atoms with van der Waals surface area (Å²) in [4.78, 5) is 21.7. The molecule has 124 valence electrons. The van der Waals surface area contributed by atoms with Gasteiger partial charge in [0.2, 0.25) is 5.91 Å². The number of nitrogens with one attached hydrogen (secondary N) is 1. The molecule has 1 N–H and O–H groups in total. The summed E-state index contributed by atoms with van der Waals surface area (Å²) in [7, 11) is 0. The first-order valence-electron chi connectivity index (χ1n) is 7.01. The summed E-state index contributed by atoms with van der Waals surface area (Å²) in [6.45, 7) is 5.06. The van der Waals surface area contributed by atoms with E-state index in [1.165, 1.54) is 10.9 Å². The lowest BCUT2D eigenvalue weighted by atomic mass is 10.4.